The van der Waals surface area contributed by atoms with Gasteiger partial charge in [-0.3, -0.25) is 0 Å². The van der Waals surface area contributed by atoms with E-state index < -0.39 is 0 Å². The summed E-state index contributed by atoms with van der Waals surface area (Å²) >= 11 is 0. The van der Waals surface area contributed by atoms with Crippen LogP contribution < -0.4 is 5.73 Å². The molecule has 0 fully saturated rings. The topological polar surface area (TPSA) is 69.6 Å². The number of anilines is 1. The van der Waals surface area contributed by atoms with Gasteiger partial charge in [0.2, 0.25) is 0 Å². The van der Waals surface area contributed by atoms with Crippen LogP contribution in [0.3, 0.4) is 0 Å². The maximum atomic E-state index is 6.14. The Labute approximate surface area is 126 Å². The van der Waals surface area contributed by atoms with E-state index in [1.807, 2.05) is 29.8 Å². The maximum Gasteiger partial charge on any atom is 0.184 e. The monoisotopic (exact) mass is 287 g/mol. The minimum Gasteiger partial charge on any atom is -0.398 e. The molecule has 0 saturated heterocycles. The molecule has 0 bridgehead atoms. The van der Waals surface area contributed by atoms with Gasteiger partial charge in [-0.1, -0.05) is 32.9 Å². The van der Waals surface area contributed by atoms with Crippen LogP contribution in [0.4, 0.5) is 5.69 Å². The summed E-state index contributed by atoms with van der Waals surface area (Å²) in [7, 11) is 0. The predicted molar refractivity (Wildman–Crippen MR) is 85.8 cm³/mol. The lowest BCUT2D eigenvalue weighted by Gasteiger charge is -2.33. The second kappa shape index (κ2) is 5.13. The summed E-state index contributed by atoms with van der Waals surface area (Å²) in [6.45, 7) is 13.0. The lowest BCUT2D eigenvalue weighted by atomic mass is 9.81. The zero-order chi connectivity index (χ0) is 15.8. The molecule has 0 saturated carbocycles. The molecule has 5 nitrogen and oxygen atoms in total. The lowest BCUT2D eigenvalue weighted by Crippen LogP contribution is -2.33. The third-order valence-electron chi connectivity index (χ3n) is 3.53. The van der Waals surface area contributed by atoms with Gasteiger partial charge in [0.05, 0.1) is 5.54 Å². The molecule has 5 heteroatoms. The third-order valence-corrected chi connectivity index (χ3v) is 3.53. The van der Waals surface area contributed by atoms with Crippen LogP contribution in [0.1, 0.15) is 46.6 Å². The fraction of sp³-hybridized carbons (Fsp3) is 0.562. The van der Waals surface area contributed by atoms with E-state index in [0.29, 0.717) is 5.69 Å². The SMILES string of the molecule is Cc1cccc(N)c1-c1nnnn1C(C)(C)CC(C)(C)C. The van der Waals surface area contributed by atoms with Gasteiger partial charge in [-0.05, 0) is 54.7 Å². The average molecular weight is 287 g/mol. The van der Waals surface area contributed by atoms with Crippen molar-refractivity contribution in [2.24, 2.45) is 5.41 Å². The highest BCUT2D eigenvalue weighted by atomic mass is 15.6. The van der Waals surface area contributed by atoms with Crippen molar-refractivity contribution in [3.05, 3.63) is 23.8 Å². The first-order valence-corrected chi connectivity index (χ1v) is 7.26. The summed E-state index contributed by atoms with van der Waals surface area (Å²) in [6, 6.07) is 5.86. The van der Waals surface area contributed by atoms with Gasteiger partial charge in [0.1, 0.15) is 0 Å². The Bertz CT molecular complexity index is 614. The molecule has 0 atom stereocenters. The van der Waals surface area contributed by atoms with Gasteiger partial charge in [-0.25, -0.2) is 4.68 Å². The second-order valence-electron chi connectivity index (χ2n) is 7.50. The lowest BCUT2D eigenvalue weighted by molar-refractivity contribution is 0.197. The van der Waals surface area contributed by atoms with Crippen LogP contribution >= 0.6 is 0 Å². The number of aryl methyl sites for hydroxylation is 1. The molecular weight excluding hydrogens is 262 g/mol. The van der Waals surface area contributed by atoms with Crippen LogP contribution in [0.25, 0.3) is 11.4 Å². The molecule has 0 spiro atoms. The Morgan fingerprint density at radius 1 is 1.14 bits per heavy atom. The largest absolute Gasteiger partial charge is 0.398 e. The molecule has 1 heterocycles. The molecule has 0 aliphatic heterocycles. The first-order chi connectivity index (χ1) is 9.62. The van der Waals surface area contributed by atoms with Gasteiger partial charge in [0.25, 0.3) is 0 Å². The molecule has 1 aromatic carbocycles. The minimum atomic E-state index is -0.189. The highest BCUT2D eigenvalue weighted by Crippen LogP contribution is 2.35. The molecule has 2 rings (SSSR count). The van der Waals surface area contributed by atoms with Crippen molar-refractivity contribution >= 4 is 5.69 Å². The Kier molecular flexibility index (Phi) is 3.78. The van der Waals surface area contributed by atoms with Crippen LogP contribution in [0, 0.1) is 12.3 Å². The average Bonchev–Trinajstić information content (AvgIpc) is 2.75. The first kappa shape index (κ1) is 15.5. The van der Waals surface area contributed by atoms with E-state index in [1.165, 1.54) is 0 Å². The van der Waals surface area contributed by atoms with Crippen molar-refractivity contribution in [1.29, 1.82) is 0 Å². The molecule has 0 amide bonds. The number of nitrogen functional groups attached to an aromatic ring is 1. The van der Waals surface area contributed by atoms with E-state index in [2.05, 4.69) is 50.1 Å². The summed E-state index contributed by atoms with van der Waals surface area (Å²) in [5.41, 5.74) is 8.85. The molecule has 1 aromatic heterocycles. The molecule has 0 aliphatic carbocycles. The summed E-state index contributed by atoms with van der Waals surface area (Å²) < 4.78 is 1.90. The van der Waals surface area contributed by atoms with Crippen molar-refractivity contribution in [3.8, 4) is 11.4 Å². The number of hydrogen-bond donors (Lipinski definition) is 1. The highest BCUT2D eigenvalue weighted by Gasteiger charge is 2.31. The highest BCUT2D eigenvalue weighted by molar-refractivity contribution is 5.74. The Morgan fingerprint density at radius 3 is 2.38 bits per heavy atom. The van der Waals surface area contributed by atoms with E-state index in [9.17, 15) is 0 Å². The van der Waals surface area contributed by atoms with Crippen molar-refractivity contribution in [2.45, 2.75) is 53.5 Å². The van der Waals surface area contributed by atoms with Crippen LogP contribution in [-0.2, 0) is 5.54 Å². The predicted octanol–water partition coefficient (Wildman–Crippen LogP) is 3.40. The fourth-order valence-electron chi connectivity index (χ4n) is 3.12. The van der Waals surface area contributed by atoms with Crippen molar-refractivity contribution in [3.63, 3.8) is 0 Å². The van der Waals surface area contributed by atoms with E-state index in [1.54, 1.807) is 0 Å². The normalized spacial score (nSPS) is 12.7. The molecular formula is C16H25N5. The van der Waals surface area contributed by atoms with Gasteiger partial charge in [-0.2, -0.15) is 0 Å². The van der Waals surface area contributed by atoms with Crippen LogP contribution in [-0.4, -0.2) is 20.2 Å². The summed E-state index contributed by atoms with van der Waals surface area (Å²) in [4.78, 5) is 0. The molecule has 2 aromatic rings. The minimum absolute atomic E-state index is 0.185. The summed E-state index contributed by atoms with van der Waals surface area (Å²) in [5.74, 6) is 0.736. The van der Waals surface area contributed by atoms with E-state index in [4.69, 9.17) is 5.73 Å². The summed E-state index contributed by atoms with van der Waals surface area (Å²) in [6.07, 6.45) is 0.962. The Balaban J connectivity index is 2.53. The molecule has 21 heavy (non-hydrogen) atoms. The van der Waals surface area contributed by atoms with Gasteiger partial charge in [-0.15, -0.1) is 5.10 Å². The number of nitrogens with two attached hydrogens (primary N) is 1. The van der Waals surface area contributed by atoms with E-state index >= 15 is 0 Å². The second-order valence-corrected chi connectivity index (χ2v) is 7.50. The smallest absolute Gasteiger partial charge is 0.184 e. The maximum absolute atomic E-state index is 6.14. The number of hydrogen-bond acceptors (Lipinski definition) is 4. The van der Waals surface area contributed by atoms with Crippen LogP contribution in [0.5, 0.6) is 0 Å². The fourth-order valence-corrected chi connectivity index (χ4v) is 3.12. The van der Waals surface area contributed by atoms with Crippen molar-refractivity contribution in [2.75, 3.05) is 5.73 Å². The molecule has 2 N–H and O–H groups in total. The van der Waals surface area contributed by atoms with Gasteiger partial charge >= 0.3 is 0 Å². The number of tetrazole rings is 1. The number of nitrogens with zero attached hydrogens (tertiary/aromatic N) is 4. The molecule has 0 aliphatic rings. The standard InChI is InChI=1S/C16H25N5/c1-11-8-7-9-12(17)13(11)14-18-19-20-21(14)16(5,6)10-15(2,3)4/h7-9H,10,17H2,1-6H3. The third kappa shape index (κ3) is 3.23. The van der Waals surface area contributed by atoms with Gasteiger partial charge in [0, 0.05) is 11.3 Å². The zero-order valence-corrected chi connectivity index (χ0v) is 13.8. The first-order valence-electron chi connectivity index (χ1n) is 7.26. The molecule has 114 valence electrons. The quantitative estimate of drug-likeness (QED) is 0.878. The number of rotatable bonds is 3. The van der Waals surface area contributed by atoms with E-state index in [0.717, 1.165) is 23.4 Å². The van der Waals surface area contributed by atoms with Gasteiger partial charge < -0.3 is 5.73 Å². The zero-order valence-electron chi connectivity index (χ0n) is 13.8. The number of aromatic nitrogens is 4. The Morgan fingerprint density at radius 2 is 1.81 bits per heavy atom. The number of benzene rings is 1. The van der Waals surface area contributed by atoms with Crippen molar-refractivity contribution in [1.82, 2.24) is 20.2 Å². The van der Waals surface area contributed by atoms with Crippen LogP contribution in [0.15, 0.2) is 18.2 Å². The van der Waals surface area contributed by atoms with Crippen molar-refractivity contribution < 1.29 is 0 Å². The van der Waals surface area contributed by atoms with Gasteiger partial charge in [0.15, 0.2) is 5.82 Å². The Hall–Kier alpha value is -1.91. The van der Waals surface area contributed by atoms with Crippen LogP contribution in [0.2, 0.25) is 0 Å². The molecule has 0 radical (unpaired) electrons. The summed E-state index contributed by atoms with van der Waals surface area (Å²) in [5, 5.41) is 12.3. The molecule has 0 unspecified atom stereocenters. The van der Waals surface area contributed by atoms with E-state index in [-0.39, 0.29) is 11.0 Å².